The number of furan rings is 1. The fourth-order valence-electron chi connectivity index (χ4n) is 1.87. The summed E-state index contributed by atoms with van der Waals surface area (Å²) in [6.45, 7) is 1.69. The predicted octanol–water partition coefficient (Wildman–Crippen LogP) is 1.19. The van der Waals surface area contributed by atoms with E-state index < -0.39 is 17.9 Å². The predicted molar refractivity (Wildman–Crippen MR) is 79.7 cm³/mol. The van der Waals surface area contributed by atoms with Crippen LogP contribution in [0.25, 0.3) is 0 Å². The minimum absolute atomic E-state index is 0.104. The molecular formula is C16H17FN2O4. The Bertz CT molecular complexity index is 682. The topological polar surface area (TPSA) is 91.6 Å². The van der Waals surface area contributed by atoms with Gasteiger partial charge in [-0.15, -0.1) is 0 Å². The van der Waals surface area contributed by atoms with Crippen molar-refractivity contribution in [1.29, 1.82) is 0 Å². The van der Waals surface area contributed by atoms with Crippen LogP contribution in [0.15, 0.2) is 40.8 Å². The van der Waals surface area contributed by atoms with Crippen molar-refractivity contribution in [2.24, 2.45) is 0 Å². The first kappa shape index (κ1) is 16.7. The van der Waals surface area contributed by atoms with E-state index in [0.717, 1.165) is 0 Å². The van der Waals surface area contributed by atoms with Gasteiger partial charge in [0, 0.05) is 6.54 Å². The third-order valence-electron chi connectivity index (χ3n) is 3.12. The number of aliphatic hydroxyl groups excluding tert-OH is 1. The van der Waals surface area contributed by atoms with E-state index in [9.17, 15) is 19.1 Å². The number of aliphatic hydroxyl groups is 1. The van der Waals surface area contributed by atoms with E-state index in [1.54, 1.807) is 19.1 Å². The van der Waals surface area contributed by atoms with Crippen LogP contribution in [0.2, 0.25) is 0 Å². The number of rotatable bonds is 5. The van der Waals surface area contributed by atoms with Crippen LogP contribution in [0, 0.1) is 12.7 Å². The molecule has 0 saturated carbocycles. The number of aryl methyl sites for hydroxylation is 1. The Morgan fingerprint density at radius 3 is 2.39 bits per heavy atom. The Hall–Kier alpha value is -2.67. The first-order valence-electron chi connectivity index (χ1n) is 7.00. The van der Waals surface area contributed by atoms with Gasteiger partial charge >= 0.3 is 11.8 Å². The van der Waals surface area contributed by atoms with Gasteiger partial charge in [0.1, 0.15) is 23.4 Å². The summed E-state index contributed by atoms with van der Waals surface area (Å²) in [5.41, 5.74) is 0.665. The summed E-state index contributed by atoms with van der Waals surface area (Å²) < 4.78 is 18.0. The van der Waals surface area contributed by atoms with E-state index in [1.807, 2.05) is 0 Å². The average Bonchev–Trinajstić information content (AvgIpc) is 2.98. The van der Waals surface area contributed by atoms with Gasteiger partial charge in [-0.25, -0.2) is 4.39 Å². The van der Waals surface area contributed by atoms with E-state index in [1.165, 1.54) is 24.3 Å². The van der Waals surface area contributed by atoms with E-state index in [4.69, 9.17) is 4.42 Å². The number of carbonyl (C=O) groups is 2. The molecule has 2 rings (SSSR count). The summed E-state index contributed by atoms with van der Waals surface area (Å²) in [5, 5.41) is 14.5. The van der Waals surface area contributed by atoms with Crippen LogP contribution in [-0.2, 0) is 16.1 Å². The van der Waals surface area contributed by atoms with Gasteiger partial charge < -0.3 is 20.2 Å². The first-order valence-corrected chi connectivity index (χ1v) is 7.00. The van der Waals surface area contributed by atoms with Crippen molar-refractivity contribution in [2.75, 3.05) is 6.54 Å². The second-order valence-corrected chi connectivity index (χ2v) is 4.98. The van der Waals surface area contributed by atoms with Gasteiger partial charge in [0.25, 0.3) is 0 Å². The first-order chi connectivity index (χ1) is 11.0. The van der Waals surface area contributed by atoms with Gasteiger partial charge in [-0.3, -0.25) is 9.59 Å². The largest absolute Gasteiger partial charge is 0.464 e. The zero-order chi connectivity index (χ0) is 16.8. The molecule has 122 valence electrons. The molecule has 1 aromatic heterocycles. The van der Waals surface area contributed by atoms with Crippen LogP contribution in [-0.4, -0.2) is 23.5 Å². The molecule has 0 aliphatic rings. The highest BCUT2D eigenvalue weighted by Gasteiger charge is 2.17. The second kappa shape index (κ2) is 7.55. The fourth-order valence-corrected chi connectivity index (χ4v) is 1.87. The molecule has 0 saturated heterocycles. The van der Waals surface area contributed by atoms with Gasteiger partial charge in [-0.2, -0.15) is 0 Å². The number of nitrogens with one attached hydrogen (secondary N) is 2. The van der Waals surface area contributed by atoms with Crippen molar-refractivity contribution >= 4 is 11.8 Å². The van der Waals surface area contributed by atoms with Crippen molar-refractivity contribution in [3.05, 3.63) is 59.3 Å². The summed E-state index contributed by atoms with van der Waals surface area (Å²) >= 11 is 0. The molecule has 0 aliphatic carbocycles. The Kier molecular flexibility index (Phi) is 5.48. The van der Waals surface area contributed by atoms with Crippen LogP contribution >= 0.6 is 0 Å². The molecule has 2 amide bonds. The number of hydrogen-bond acceptors (Lipinski definition) is 4. The van der Waals surface area contributed by atoms with Crippen molar-refractivity contribution in [1.82, 2.24) is 10.6 Å². The molecule has 2 aromatic rings. The molecule has 1 atom stereocenters. The zero-order valence-corrected chi connectivity index (χ0v) is 12.5. The Morgan fingerprint density at radius 2 is 1.78 bits per heavy atom. The number of benzene rings is 1. The SMILES string of the molecule is Cc1ccc(C(O)CNC(=O)C(=O)NCc2ccc(F)cc2)o1. The zero-order valence-electron chi connectivity index (χ0n) is 12.5. The van der Waals surface area contributed by atoms with E-state index in [0.29, 0.717) is 17.1 Å². The highest BCUT2D eigenvalue weighted by molar-refractivity contribution is 6.35. The Morgan fingerprint density at radius 1 is 1.13 bits per heavy atom. The van der Waals surface area contributed by atoms with Crippen molar-refractivity contribution in [3.8, 4) is 0 Å². The summed E-state index contributed by atoms with van der Waals surface area (Å²) in [6, 6.07) is 8.84. The minimum atomic E-state index is -1.03. The van der Waals surface area contributed by atoms with Gasteiger partial charge in [-0.05, 0) is 36.8 Å². The quantitative estimate of drug-likeness (QED) is 0.722. The van der Waals surface area contributed by atoms with E-state index in [-0.39, 0.29) is 18.9 Å². The smallest absolute Gasteiger partial charge is 0.309 e. The minimum Gasteiger partial charge on any atom is -0.464 e. The lowest BCUT2D eigenvalue weighted by Gasteiger charge is -2.10. The van der Waals surface area contributed by atoms with Crippen LogP contribution in [0.4, 0.5) is 4.39 Å². The molecule has 6 nitrogen and oxygen atoms in total. The molecule has 0 radical (unpaired) electrons. The van der Waals surface area contributed by atoms with Gasteiger partial charge in [0.2, 0.25) is 0 Å². The van der Waals surface area contributed by atoms with Crippen LogP contribution in [0.5, 0.6) is 0 Å². The van der Waals surface area contributed by atoms with Crippen LogP contribution in [0.1, 0.15) is 23.2 Å². The molecule has 1 unspecified atom stereocenters. The molecule has 23 heavy (non-hydrogen) atoms. The maximum Gasteiger partial charge on any atom is 0.309 e. The van der Waals surface area contributed by atoms with Gasteiger partial charge in [0.15, 0.2) is 0 Å². The molecule has 0 bridgehead atoms. The Labute approximate surface area is 132 Å². The lowest BCUT2D eigenvalue weighted by molar-refractivity contribution is -0.139. The number of hydrogen-bond donors (Lipinski definition) is 3. The van der Waals surface area contributed by atoms with E-state index in [2.05, 4.69) is 10.6 Å². The number of carbonyl (C=O) groups excluding carboxylic acids is 2. The standard InChI is InChI=1S/C16H17FN2O4/c1-10-2-7-14(23-10)13(20)9-19-16(22)15(21)18-8-11-3-5-12(17)6-4-11/h2-7,13,20H,8-9H2,1H3,(H,18,21)(H,19,22). The summed E-state index contributed by atoms with van der Waals surface area (Å²) in [7, 11) is 0. The fraction of sp³-hybridized carbons (Fsp3) is 0.250. The molecule has 7 heteroatoms. The van der Waals surface area contributed by atoms with Crippen molar-refractivity contribution < 1.29 is 23.5 Å². The lowest BCUT2D eigenvalue weighted by atomic mass is 10.2. The molecule has 1 heterocycles. The molecule has 0 aliphatic heterocycles. The summed E-state index contributed by atoms with van der Waals surface area (Å²) in [4.78, 5) is 23.3. The molecule has 0 fully saturated rings. The van der Waals surface area contributed by atoms with Crippen molar-refractivity contribution in [2.45, 2.75) is 19.6 Å². The summed E-state index contributed by atoms with van der Waals surface area (Å²) in [5.74, 6) is -1.12. The van der Waals surface area contributed by atoms with Gasteiger partial charge in [0.05, 0.1) is 6.54 Å². The molecule has 0 spiro atoms. The highest BCUT2D eigenvalue weighted by atomic mass is 19.1. The third-order valence-corrected chi connectivity index (χ3v) is 3.12. The van der Waals surface area contributed by atoms with Gasteiger partial charge in [-0.1, -0.05) is 12.1 Å². The number of halogens is 1. The Balaban J connectivity index is 1.76. The van der Waals surface area contributed by atoms with Crippen LogP contribution in [0.3, 0.4) is 0 Å². The highest BCUT2D eigenvalue weighted by Crippen LogP contribution is 2.14. The molecule has 3 N–H and O–H groups in total. The second-order valence-electron chi connectivity index (χ2n) is 4.98. The maximum atomic E-state index is 12.7. The monoisotopic (exact) mass is 320 g/mol. The maximum absolute atomic E-state index is 12.7. The third kappa shape index (κ3) is 4.93. The number of amides is 2. The normalized spacial score (nSPS) is 11.8. The summed E-state index contributed by atoms with van der Waals surface area (Å²) in [6.07, 6.45) is -1.03. The molecular weight excluding hydrogens is 303 g/mol. The van der Waals surface area contributed by atoms with Crippen molar-refractivity contribution in [3.63, 3.8) is 0 Å². The molecule has 1 aromatic carbocycles. The van der Waals surface area contributed by atoms with E-state index >= 15 is 0 Å². The average molecular weight is 320 g/mol. The lowest BCUT2D eigenvalue weighted by Crippen LogP contribution is -2.41. The van der Waals surface area contributed by atoms with Crippen LogP contribution < -0.4 is 10.6 Å².